The predicted molar refractivity (Wildman–Crippen MR) is 29.0 cm³/mol. The molecule has 0 atom stereocenters. The maximum Gasteiger partial charge on any atom is 0.113 e. The van der Waals surface area contributed by atoms with E-state index in [0.717, 1.165) is 0 Å². The van der Waals surface area contributed by atoms with Crippen molar-refractivity contribution < 1.29 is 22.3 Å². The fourth-order valence-corrected chi connectivity index (χ4v) is 0. The first kappa shape index (κ1) is 11.1. The number of nitrogens with zero attached hydrogens (tertiary/aromatic N) is 1. The van der Waals surface area contributed by atoms with Crippen LogP contribution in [0.25, 0.3) is 0 Å². The van der Waals surface area contributed by atoms with Gasteiger partial charge in [0.15, 0.2) is 0 Å². The van der Waals surface area contributed by atoms with Gasteiger partial charge in [0.1, 0.15) is 6.04 Å². The zero-order chi connectivity index (χ0) is 6.08. The predicted octanol–water partition coefficient (Wildman–Crippen LogP) is -2.14. The molecule has 0 amide bonds. The summed E-state index contributed by atoms with van der Waals surface area (Å²) in [5.41, 5.74) is 0. The quantitative estimate of drug-likeness (QED) is 0.325. The Kier molecular flexibility index (Phi) is 4.53. The molecule has 1 N–H and O–H groups in total. The van der Waals surface area contributed by atoms with Gasteiger partial charge >= 0.3 is 0 Å². The molecular weight excluding hydrogens is 126 g/mol. The number of rotatable bonds is 1. The van der Waals surface area contributed by atoms with Crippen LogP contribution in [0.3, 0.4) is 0 Å². The number of halogens is 1. The van der Waals surface area contributed by atoms with Crippen LogP contribution in [0.5, 0.6) is 0 Å². The molecule has 0 aromatic rings. The van der Waals surface area contributed by atoms with E-state index in [1.807, 2.05) is 13.8 Å². The number of hydroxylamine groups is 3. The topological polar surface area (TPSA) is 20.2 Å². The Bertz CT molecular complexity index is 57.9. The summed E-state index contributed by atoms with van der Waals surface area (Å²) in [5.74, 6) is 0. The van der Waals surface area contributed by atoms with E-state index in [2.05, 4.69) is 0 Å². The highest BCUT2D eigenvalue weighted by atomic mass is 35.5. The minimum atomic E-state index is 0. The van der Waals surface area contributed by atoms with Crippen molar-refractivity contribution in [3.63, 3.8) is 0 Å². The fraction of sp³-hybridized carbons (Fsp3) is 1.00. The molecule has 0 saturated heterocycles. The van der Waals surface area contributed by atoms with Gasteiger partial charge in [0.25, 0.3) is 0 Å². The zero-order valence-corrected chi connectivity index (χ0v) is 6.61. The minimum Gasteiger partial charge on any atom is -1.00 e. The summed E-state index contributed by atoms with van der Waals surface area (Å²) in [6.45, 7) is 3.94. The summed E-state index contributed by atoms with van der Waals surface area (Å²) in [6.07, 6.45) is 0. The SMILES string of the molecule is CC(C)[N+](C)(C)O.[Cl-]. The molecule has 2 nitrogen and oxygen atoms in total. The molecule has 0 spiro atoms. The Labute approximate surface area is 57.1 Å². The van der Waals surface area contributed by atoms with Gasteiger partial charge in [-0.15, -0.1) is 0 Å². The van der Waals surface area contributed by atoms with Crippen molar-refractivity contribution in [1.82, 2.24) is 0 Å². The van der Waals surface area contributed by atoms with Gasteiger partial charge in [0, 0.05) is 0 Å². The molecule has 0 rings (SSSR count). The van der Waals surface area contributed by atoms with E-state index < -0.39 is 0 Å². The maximum absolute atomic E-state index is 9.03. The second-order valence-electron chi connectivity index (χ2n) is 2.57. The average molecular weight is 140 g/mol. The summed E-state index contributed by atoms with van der Waals surface area (Å²) in [6, 6.07) is 0.292. The number of quaternary nitrogens is 1. The summed E-state index contributed by atoms with van der Waals surface area (Å²) in [5, 5.41) is 9.03. The van der Waals surface area contributed by atoms with Crippen LogP contribution in [0.2, 0.25) is 0 Å². The van der Waals surface area contributed by atoms with E-state index in [-0.39, 0.29) is 17.1 Å². The molecule has 0 aliphatic carbocycles. The lowest BCUT2D eigenvalue weighted by Crippen LogP contribution is -3.00. The largest absolute Gasteiger partial charge is 1.00 e. The first-order chi connectivity index (χ1) is 2.94. The molecule has 8 heavy (non-hydrogen) atoms. The van der Waals surface area contributed by atoms with Gasteiger partial charge in [-0.1, -0.05) is 0 Å². The highest BCUT2D eigenvalue weighted by Crippen LogP contribution is 1.97. The Hall–Kier alpha value is 0.210. The van der Waals surface area contributed by atoms with Gasteiger partial charge in [-0.3, -0.25) is 0 Å². The number of hydrogen-bond acceptors (Lipinski definition) is 1. The molecule has 0 fully saturated rings. The van der Waals surface area contributed by atoms with E-state index in [0.29, 0.717) is 6.04 Å². The molecular formula is C5H14ClNO. The van der Waals surface area contributed by atoms with Gasteiger partial charge in [0.05, 0.1) is 14.1 Å². The summed E-state index contributed by atoms with van der Waals surface area (Å²) in [4.78, 5) is 0. The third-order valence-corrected chi connectivity index (χ3v) is 1.26. The summed E-state index contributed by atoms with van der Waals surface area (Å²) >= 11 is 0. The number of hydrogen-bond donors (Lipinski definition) is 1. The van der Waals surface area contributed by atoms with Crippen LogP contribution in [0.4, 0.5) is 0 Å². The van der Waals surface area contributed by atoms with Gasteiger partial charge in [0.2, 0.25) is 0 Å². The molecule has 3 heteroatoms. The lowest BCUT2D eigenvalue weighted by atomic mass is 10.4. The van der Waals surface area contributed by atoms with E-state index >= 15 is 0 Å². The van der Waals surface area contributed by atoms with Crippen LogP contribution in [0.15, 0.2) is 0 Å². The Morgan fingerprint density at radius 3 is 1.38 bits per heavy atom. The highest BCUT2D eigenvalue weighted by Gasteiger charge is 2.14. The zero-order valence-electron chi connectivity index (χ0n) is 5.85. The standard InChI is InChI=1S/C5H14NO.ClH/c1-5(2)6(3,4)7;/h5,7H,1-4H3;1H/q+1;/p-1. The van der Waals surface area contributed by atoms with Crippen molar-refractivity contribution >= 4 is 0 Å². The Morgan fingerprint density at radius 1 is 1.25 bits per heavy atom. The van der Waals surface area contributed by atoms with Gasteiger partial charge in [-0.2, -0.15) is 4.65 Å². The molecule has 0 bridgehead atoms. The second-order valence-corrected chi connectivity index (χ2v) is 2.57. The van der Waals surface area contributed by atoms with E-state index in [1.54, 1.807) is 14.1 Å². The summed E-state index contributed by atoms with van der Waals surface area (Å²) in [7, 11) is 3.51. The molecule has 0 aliphatic heterocycles. The van der Waals surface area contributed by atoms with Crippen molar-refractivity contribution in [3.05, 3.63) is 0 Å². The van der Waals surface area contributed by atoms with Gasteiger partial charge in [-0.25, -0.2) is 5.21 Å². The molecule has 0 heterocycles. The van der Waals surface area contributed by atoms with E-state index in [4.69, 9.17) is 5.21 Å². The monoisotopic (exact) mass is 139 g/mol. The molecule has 0 unspecified atom stereocenters. The lowest BCUT2D eigenvalue weighted by Gasteiger charge is -2.23. The Balaban J connectivity index is 0. The molecule has 0 saturated carbocycles. The van der Waals surface area contributed by atoms with Crippen LogP contribution in [0.1, 0.15) is 13.8 Å². The van der Waals surface area contributed by atoms with E-state index in [9.17, 15) is 0 Å². The molecule has 0 aromatic carbocycles. The first-order valence-electron chi connectivity index (χ1n) is 2.51. The van der Waals surface area contributed by atoms with Crippen LogP contribution < -0.4 is 12.4 Å². The smallest absolute Gasteiger partial charge is 0.113 e. The average Bonchev–Trinajstić information content (AvgIpc) is 1.31. The minimum absolute atomic E-state index is 0. The van der Waals surface area contributed by atoms with Gasteiger partial charge in [-0.05, 0) is 13.8 Å². The lowest BCUT2D eigenvalue weighted by molar-refractivity contribution is -1.09. The highest BCUT2D eigenvalue weighted by molar-refractivity contribution is 4.28. The molecule has 0 radical (unpaired) electrons. The first-order valence-corrected chi connectivity index (χ1v) is 2.51. The van der Waals surface area contributed by atoms with Crippen molar-refractivity contribution in [2.24, 2.45) is 0 Å². The van der Waals surface area contributed by atoms with E-state index in [1.165, 1.54) is 0 Å². The summed E-state index contributed by atoms with van der Waals surface area (Å²) < 4.78 is 0.0556. The third kappa shape index (κ3) is 4.37. The Morgan fingerprint density at radius 2 is 1.38 bits per heavy atom. The third-order valence-electron chi connectivity index (χ3n) is 1.26. The van der Waals surface area contributed by atoms with Crippen LogP contribution in [-0.4, -0.2) is 30.0 Å². The van der Waals surface area contributed by atoms with Gasteiger partial charge < -0.3 is 12.4 Å². The fourth-order valence-electron chi connectivity index (χ4n) is 0. The van der Waals surface area contributed by atoms with Crippen molar-refractivity contribution in [2.75, 3.05) is 14.1 Å². The maximum atomic E-state index is 9.03. The normalized spacial score (nSPS) is 11.2. The van der Waals surface area contributed by atoms with Crippen molar-refractivity contribution in [1.29, 1.82) is 0 Å². The molecule has 0 aliphatic rings. The van der Waals surface area contributed by atoms with Crippen LogP contribution in [0, 0.1) is 0 Å². The van der Waals surface area contributed by atoms with Crippen LogP contribution in [-0.2, 0) is 0 Å². The van der Waals surface area contributed by atoms with Crippen LogP contribution >= 0.6 is 0 Å². The van der Waals surface area contributed by atoms with Crippen molar-refractivity contribution in [2.45, 2.75) is 19.9 Å². The molecule has 0 aromatic heterocycles. The second kappa shape index (κ2) is 3.28. The van der Waals surface area contributed by atoms with Crippen molar-refractivity contribution in [3.8, 4) is 0 Å². The molecule has 52 valence electrons.